The molecule has 1 aromatic heterocycles. The van der Waals surface area contributed by atoms with Gasteiger partial charge in [-0.25, -0.2) is 4.98 Å². The van der Waals surface area contributed by atoms with E-state index in [4.69, 9.17) is 9.72 Å². The van der Waals surface area contributed by atoms with E-state index in [0.717, 1.165) is 41.3 Å². The Labute approximate surface area is 175 Å². The quantitative estimate of drug-likeness (QED) is 0.488. The van der Waals surface area contributed by atoms with Gasteiger partial charge in [0.25, 0.3) is 0 Å². The lowest BCUT2D eigenvalue weighted by molar-refractivity contribution is -0.119. The van der Waals surface area contributed by atoms with Crippen LogP contribution in [0.2, 0.25) is 0 Å². The minimum atomic E-state index is -0.293. The van der Waals surface area contributed by atoms with Gasteiger partial charge < -0.3 is 14.2 Å². The molecule has 1 unspecified atom stereocenters. The van der Waals surface area contributed by atoms with Crippen LogP contribution in [-0.4, -0.2) is 22.0 Å². The van der Waals surface area contributed by atoms with Crippen molar-refractivity contribution in [1.29, 1.82) is 0 Å². The van der Waals surface area contributed by atoms with Gasteiger partial charge in [0.2, 0.25) is 5.91 Å². The maximum atomic E-state index is 13.3. The first-order valence-corrected chi connectivity index (χ1v) is 10.3. The Hall–Kier alpha value is -3.60. The largest absolute Gasteiger partial charge is 0.483 e. The van der Waals surface area contributed by atoms with E-state index in [1.807, 2.05) is 89.2 Å². The van der Waals surface area contributed by atoms with Gasteiger partial charge in [-0.3, -0.25) is 4.79 Å². The van der Waals surface area contributed by atoms with E-state index < -0.39 is 0 Å². The molecular formula is C25H23N3O2. The highest BCUT2D eigenvalue weighted by Gasteiger charge is 2.26. The van der Waals surface area contributed by atoms with Gasteiger partial charge in [0.15, 0.2) is 11.9 Å². The summed E-state index contributed by atoms with van der Waals surface area (Å²) < 4.78 is 8.12. The molecule has 2 heterocycles. The summed E-state index contributed by atoms with van der Waals surface area (Å²) in [7, 11) is 0. The molecule has 5 nitrogen and oxygen atoms in total. The van der Waals surface area contributed by atoms with Crippen molar-refractivity contribution in [3.8, 4) is 5.75 Å². The number of rotatable bonds is 5. The summed E-state index contributed by atoms with van der Waals surface area (Å²) in [5.41, 5.74) is 4.05. The zero-order valence-electron chi connectivity index (χ0n) is 16.9. The van der Waals surface area contributed by atoms with Gasteiger partial charge in [0, 0.05) is 12.2 Å². The van der Waals surface area contributed by atoms with Gasteiger partial charge in [-0.2, -0.15) is 0 Å². The maximum Gasteiger partial charge on any atom is 0.247 e. The first-order chi connectivity index (χ1) is 14.7. The third-order valence-electron chi connectivity index (χ3n) is 5.59. The first kappa shape index (κ1) is 18.4. The Morgan fingerprint density at radius 2 is 1.73 bits per heavy atom. The van der Waals surface area contributed by atoms with Gasteiger partial charge in [-0.15, -0.1) is 0 Å². The summed E-state index contributed by atoms with van der Waals surface area (Å²) in [5.74, 6) is 1.60. The normalized spacial score (nSPS) is 14.0. The Balaban J connectivity index is 1.47. The standard InChI is InChI=1S/C25H23N3O2/c1-18(30-20-10-3-2-4-11-20)25-26-21-12-6-8-14-23(21)28(25)17-24(29)27-16-15-19-9-5-7-13-22(19)27/h2-14,18H,15-17H2,1H3. The molecule has 0 fully saturated rings. The molecule has 0 bridgehead atoms. The Bertz CT molecular complexity index is 1200. The lowest BCUT2D eigenvalue weighted by Crippen LogP contribution is -2.33. The molecule has 0 spiro atoms. The average Bonchev–Trinajstić information content (AvgIpc) is 3.36. The smallest absolute Gasteiger partial charge is 0.247 e. The Morgan fingerprint density at radius 3 is 2.60 bits per heavy atom. The van der Waals surface area contributed by atoms with Crippen molar-refractivity contribution < 1.29 is 9.53 Å². The van der Waals surface area contributed by atoms with Crippen molar-refractivity contribution in [1.82, 2.24) is 9.55 Å². The predicted molar refractivity (Wildman–Crippen MR) is 118 cm³/mol. The first-order valence-electron chi connectivity index (χ1n) is 10.3. The molecule has 0 radical (unpaired) electrons. The highest BCUT2D eigenvalue weighted by atomic mass is 16.5. The zero-order chi connectivity index (χ0) is 20.5. The van der Waals surface area contributed by atoms with Crippen molar-refractivity contribution in [2.24, 2.45) is 0 Å². The highest BCUT2D eigenvalue weighted by molar-refractivity contribution is 5.96. The fraction of sp³-hybridized carbons (Fsp3) is 0.200. The van der Waals surface area contributed by atoms with E-state index in [1.165, 1.54) is 5.56 Å². The van der Waals surface area contributed by atoms with Crippen LogP contribution >= 0.6 is 0 Å². The fourth-order valence-electron chi connectivity index (χ4n) is 4.14. The van der Waals surface area contributed by atoms with E-state index in [-0.39, 0.29) is 18.6 Å². The topological polar surface area (TPSA) is 47.4 Å². The molecule has 0 saturated carbocycles. The number of aromatic nitrogens is 2. The second-order valence-electron chi connectivity index (χ2n) is 7.54. The number of hydrogen-bond donors (Lipinski definition) is 0. The van der Waals surface area contributed by atoms with Crippen LogP contribution < -0.4 is 9.64 Å². The van der Waals surface area contributed by atoms with Crippen LogP contribution in [0.15, 0.2) is 78.9 Å². The summed E-state index contributed by atoms with van der Waals surface area (Å²) >= 11 is 0. The summed E-state index contributed by atoms with van der Waals surface area (Å²) in [6.07, 6.45) is 0.603. The van der Waals surface area contributed by atoms with Crippen molar-refractivity contribution >= 4 is 22.6 Å². The monoisotopic (exact) mass is 397 g/mol. The number of ether oxygens (including phenoxy) is 1. The van der Waals surface area contributed by atoms with Crippen molar-refractivity contribution in [3.05, 3.63) is 90.3 Å². The van der Waals surface area contributed by atoms with Crippen LogP contribution in [-0.2, 0) is 17.8 Å². The summed E-state index contributed by atoms with van der Waals surface area (Å²) in [5, 5.41) is 0. The molecule has 5 heteroatoms. The van der Waals surface area contributed by atoms with E-state index in [1.54, 1.807) is 0 Å². The average molecular weight is 397 g/mol. The number of fused-ring (bicyclic) bond motifs is 2. The lowest BCUT2D eigenvalue weighted by atomic mass is 10.2. The number of benzene rings is 3. The van der Waals surface area contributed by atoms with Gasteiger partial charge in [-0.1, -0.05) is 48.5 Å². The van der Waals surface area contributed by atoms with E-state index in [0.29, 0.717) is 0 Å². The highest BCUT2D eigenvalue weighted by Crippen LogP contribution is 2.29. The third-order valence-corrected chi connectivity index (χ3v) is 5.59. The summed E-state index contributed by atoms with van der Waals surface area (Å²) in [6.45, 7) is 2.92. The molecule has 1 atom stereocenters. The number of para-hydroxylation sites is 4. The molecule has 5 rings (SSSR count). The van der Waals surface area contributed by atoms with Crippen LogP contribution in [0.5, 0.6) is 5.75 Å². The van der Waals surface area contributed by atoms with Crippen molar-refractivity contribution in [2.75, 3.05) is 11.4 Å². The van der Waals surface area contributed by atoms with E-state index >= 15 is 0 Å². The van der Waals surface area contributed by atoms with Crippen LogP contribution in [0, 0.1) is 0 Å². The second-order valence-corrected chi connectivity index (χ2v) is 7.54. The van der Waals surface area contributed by atoms with Crippen LogP contribution in [0.4, 0.5) is 5.69 Å². The van der Waals surface area contributed by atoms with E-state index in [9.17, 15) is 4.79 Å². The number of carbonyl (C=O) groups excluding carboxylic acids is 1. The molecule has 1 amide bonds. The fourth-order valence-corrected chi connectivity index (χ4v) is 4.14. The number of amides is 1. The number of nitrogens with zero attached hydrogens (tertiary/aromatic N) is 3. The molecule has 4 aromatic rings. The molecule has 3 aromatic carbocycles. The Morgan fingerprint density at radius 1 is 1.00 bits per heavy atom. The van der Waals surface area contributed by atoms with Crippen molar-refractivity contribution in [2.45, 2.75) is 26.0 Å². The number of hydrogen-bond acceptors (Lipinski definition) is 3. The molecule has 0 saturated heterocycles. The Kier molecular flexibility index (Phi) is 4.71. The van der Waals surface area contributed by atoms with Gasteiger partial charge >= 0.3 is 0 Å². The van der Waals surface area contributed by atoms with Crippen LogP contribution in [0.1, 0.15) is 24.4 Å². The van der Waals surface area contributed by atoms with Gasteiger partial charge in [-0.05, 0) is 49.2 Å². The van der Waals surface area contributed by atoms with E-state index in [2.05, 4.69) is 6.07 Å². The molecule has 30 heavy (non-hydrogen) atoms. The van der Waals surface area contributed by atoms with Gasteiger partial charge in [0.1, 0.15) is 12.3 Å². The van der Waals surface area contributed by atoms with Crippen LogP contribution in [0.25, 0.3) is 11.0 Å². The van der Waals surface area contributed by atoms with Crippen LogP contribution in [0.3, 0.4) is 0 Å². The predicted octanol–water partition coefficient (Wildman–Crippen LogP) is 4.77. The molecule has 1 aliphatic heterocycles. The molecular weight excluding hydrogens is 374 g/mol. The maximum absolute atomic E-state index is 13.3. The molecule has 0 aliphatic carbocycles. The summed E-state index contributed by atoms with van der Waals surface area (Å²) in [6, 6.07) is 25.7. The second kappa shape index (κ2) is 7.67. The molecule has 0 N–H and O–H groups in total. The minimum absolute atomic E-state index is 0.0660. The number of anilines is 1. The third kappa shape index (κ3) is 3.32. The minimum Gasteiger partial charge on any atom is -0.483 e. The SMILES string of the molecule is CC(Oc1ccccc1)c1nc2ccccc2n1CC(=O)N1CCc2ccccc21. The number of carbonyl (C=O) groups is 1. The lowest BCUT2D eigenvalue weighted by Gasteiger charge is -2.20. The zero-order valence-corrected chi connectivity index (χ0v) is 16.9. The number of imidazole rings is 1. The van der Waals surface area contributed by atoms with Crippen molar-refractivity contribution in [3.63, 3.8) is 0 Å². The summed E-state index contributed by atoms with van der Waals surface area (Å²) in [4.78, 5) is 20.0. The molecule has 1 aliphatic rings. The van der Waals surface area contributed by atoms with Gasteiger partial charge in [0.05, 0.1) is 11.0 Å². The molecule has 150 valence electrons.